The Morgan fingerprint density at radius 2 is 0.818 bits per heavy atom. The van der Waals surface area contributed by atoms with Crippen molar-refractivity contribution in [3.63, 3.8) is 0 Å². The SMILES string of the molecule is [C-]#[N+]c1ccc2c(c1)c1ccccc1n2-c1ccccc1-c1cccc(-n2c3ccccc3c3ccc(-n4c5ccccc5c5ccccc54)cc32)c1[N+]#[C-]. The minimum Gasteiger partial charge on any atom is -0.319 e. The van der Waals surface area contributed by atoms with Crippen LogP contribution in [0.15, 0.2) is 176 Å². The molecule has 0 aliphatic rings. The lowest BCUT2D eigenvalue weighted by Crippen LogP contribution is -2.00. The molecule has 55 heavy (non-hydrogen) atoms. The molecule has 0 aliphatic carbocycles. The van der Waals surface area contributed by atoms with Gasteiger partial charge in [0.1, 0.15) is 0 Å². The van der Waals surface area contributed by atoms with Gasteiger partial charge < -0.3 is 13.7 Å². The quantitative estimate of drug-likeness (QED) is 0.163. The van der Waals surface area contributed by atoms with Gasteiger partial charge in [0, 0.05) is 32.6 Å². The number of benzene rings is 8. The van der Waals surface area contributed by atoms with E-state index in [0.29, 0.717) is 11.4 Å². The standard InChI is InChI=1S/C50H29N5/c1-51-32-26-29-47-41(30-32)38-18-7-12-24-46(38)54(47)45-23-11-6-17-37(45)40-19-13-25-48(50(40)52-2)55-44-22-10-5-16-36(44)39-28-27-33(31-49(39)55)53-42-20-8-3-14-34(42)35-15-4-9-21-43(35)53/h3-31H. The third-order valence-electron chi connectivity index (χ3n) is 11.1. The zero-order valence-corrected chi connectivity index (χ0v) is 29.5. The summed E-state index contributed by atoms with van der Waals surface area (Å²) in [6.45, 7) is 16.4. The molecule has 0 radical (unpaired) electrons. The molecule has 0 saturated carbocycles. The highest BCUT2D eigenvalue weighted by molar-refractivity contribution is 6.13. The maximum Gasteiger partial charge on any atom is 0.218 e. The lowest BCUT2D eigenvalue weighted by molar-refractivity contribution is 1.16. The second-order valence-corrected chi connectivity index (χ2v) is 13.9. The number of rotatable bonds is 4. The first kappa shape index (κ1) is 30.7. The molecule has 11 aromatic rings. The highest BCUT2D eigenvalue weighted by atomic mass is 15.0. The second kappa shape index (κ2) is 11.8. The topological polar surface area (TPSA) is 23.5 Å². The molecule has 0 spiro atoms. The van der Waals surface area contributed by atoms with Crippen molar-refractivity contribution in [2.75, 3.05) is 0 Å². The monoisotopic (exact) mass is 699 g/mol. The molecule has 5 nitrogen and oxygen atoms in total. The molecule has 3 heterocycles. The van der Waals surface area contributed by atoms with Crippen molar-refractivity contribution in [2.45, 2.75) is 0 Å². The van der Waals surface area contributed by atoms with E-state index in [2.05, 4.69) is 169 Å². The first-order chi connectivity index (χ1) is 27.2. The molecule has 0 unspecified atom stereocenters. The summed E-state index contributed by atoms with van der Waals surface area (Å²) in [6.07, 6.45) is 0. The summed E-state index contributed by atoms with van der Waals surface area (Å²) in [6, 6.07) is 61.2. The molecule has 0 N–H and O–H groups in total. The first-order valence-electron chi connectivity index (χ1n) is 18.3. The summed E-state index contributed by atoms with van der Waals surface area (Å²) >= 11 is 0. The summed E-state index contributed by atoms with van der Waals surface area (Å²) in [5.41, 5.74) is 12.3. The van der Waals surface area contributed by atoms with Gasteiger partial charge in [0.05, 0.1) is 57.6 Å². The van der Waals surface area contributed by atoms with Crippen LogP contribution in [-0.4, -0.2) is 13.7 Å². The minimum absolute atomic E-state index is 0.580. The third kappa shape index (κ3) is 4.39. The van der Waals surface area contributed by atoms with Crippen LogP contribution >= 0.6 is 0 Å². The van der Waals surface area contributed by atoms with E-state index >= 15 is 0 Å². The lowest BCUT2D eigenvalue weighted by Gasteiger charge is -2.18. The Hall–Kier alpha value is -7.86. The van der Waals surface area contributed by atoms with Crippen LogP contribution in [0.5, 0.6) is 0 Å². The van der Waals surface area contributed by atoms with Crippen molar-refractivity contribution in [3.05, 3.63) is 199 Å². The molecule has 0 aliphatic heterocycles. The van der Waals surface area contributed by atoms with Crippen molar-refractivity contribution in [3.8, 4) is 28.2 Å². The van der Waals surface area contributed by atoms with E-state index < -0.39 is 0 Å². The number of hydrogen-bond donors (Lipinski definition) is 0. The summed E-state index contributed by atoms with van der Waals surface area (Å²) in [7, 11) is 0. The number of nitrogens with zero attached hydrogens (tertiary/aromatic N) is 5. The second-order valence-electron chi connectivity index (χ2n) is 13.9. The smallest absolute Gasteiger partial charge is 0.218 e. The summed E-state index contributed by atoms with van der Waals surface area (Å²) in [5.74, 6) is 0. The minimum atomic E-state index is 0.580. The lowest BCUT2D eigenvalue weighted by atomic mass is 10.00. The Bertz CT molecular complexity index is 3420. The Labute approximate surface area is 316 Å². The molecule has 0 saturated heterocycles. The highest BCUT2D eigenvalue weighted by Gasteiger charge is 2.22. The van der Waals surface area contributed by atoms with Crippen LogP contribution in [0.1, 0.15) is 0 Å². The number of para-hydroxylation sites is 6. The van der Waals surface area contributed by atoms with Gasteiger partial charge in [0.25, 0.3) is 0 Å². The third-order valence-corrected chi connectivity index (χ3v) is 11.1. The fourth-order valence-electron chi connectivity index (χ4n) is 8.79. The van der Waals surface area contributed by atoms with Crippen molar-refractivity contribution in [1.82, 2.24) is 13.7 Å². The molecule has 5 heteroatoms. The Morgan fingerprint density at radius 3 is 1.45 bits per heavy atom. The Kier molecular flexibility index (Phi) is 6.61. The van der Waals surface area contributed by atoms with Crippen molar-refractivity contribution < 1.29 is 0 Å². The van der Waals surface area contributed by atoms with E-state index in [4.69, 9.17) is 13.1 Å². The molecule has 11 rings (SSSR count). The summed E-state index contributed by atoms with van der Waals surface area (Å²) < 4.78 is 6.89. The van der Waals surface area contributed by atoms with Crippen LogP contribution in [0.3, 0.4) is 0 Å². The predicted molar refractivity (Wildman–Crippen MR) is 227 cm³/mol. The molecule has 3 aromatic heterocycles. The molecule has 8 aromatic carbocycles. The predicted octanol–water partition coefficient (Wildman–Crippen LogP) is 13.7. The summed E-state index contributed by atoms with van der Waals surface area (Å²) in [5, 5.41) is 6.82. The average Bonchev–Trinajstić information content (AvgIpc) is 3.88. The van der Waals surface area contributed by atoms with Crippen LogP contribution in [0.4, 0.5) is 11.4 Å². The zero-order chi connectivity index (χ0) is 36.6. The van der Waals surface area contributed by atoms with Gasteiger partial charge in [-0.2, -0.15) is 0 Å². The zero-order valence-electron chi connectivity index (χ0n) is 29.5. The molecular weight excluding hydrogens is 671 g/mol. The fraction of sp³-hybridized carbons (Fsp3) is 0. The van der Waals surface area contributed by atoms with Gasteiger partial charge in [-0.25, -0.2) is 9.69 Å². The van der Waals surface area contributed by atoms with Gasteiger partial charge in [0.15, 0.2) is 5.69 Å². The van der Waals surface area contributed by atoms with Gasteiger partial charge in [-0.1, -0.05) is 115 Å². The number of fused-ring (bicyclic) bond motifs is 9. The van der Waals surface area contributed by atoms with Crippen LogP contribution < -0.4 is 0 Å². The number of aromatic nitrogens is 3. The Morgan fingerprint density at radius 1 is 0.327 bits per heavy atom. The molecular formula is C50H29N5. The normalized spacial score (nSPS) is 11.6. The summed E-state index contributed by atoms with van der Waals surface area (Å²) in [4.78, 5) is 8.05. The van der Waals surface area contributed by atoms with E-state index in [1.165, 1.54) is 10.8 Å². The Balaban J connectivity index is 1.18. The van der Waals surface area contributed by atoms with Gasteiger partial charge in [-0.15, -0.1) is 0 Å². The fourth-order valence-corrected chi connectivity index (χ4v) is 8.79. The van der Waals surface area contributed by atoms with Gasteiger partial charge in [0.2, 0.25) is 5.69 Å². The van der Waals surface area contributed by atoms with E-state index in [-0.39, 0.29) is 0 Å². The maximum atomic E-state index is 8.75. The van der Waals surface area contributed by atoms with Gasteiger partial charge in [-0.3, -0.25) is 0 Å². The van der Waals surface area contributed by atoms with Crippen molar-refractivity contribution in [2.24, 2.45) is 0 Å². The van der Waals surface area contributed by atoms with E-state index in [0.717, 1.165) is 82.8 Å². The van der Waals surface area contributed by atoms with Gasteiger partial charge >= 0.3 is 0 Å². The van der Waals surface area contributed by atoms with Crippen LogP contribution in [0.25, 0.3) is 103 Å². The highest BCUT2D eigenvalue weighted by Crippen LogP contribution is 2.44. The van der Waals surface area contributed by atoms with Gasteiger partial charge in [-0.05, 0) is 77.2 Å². The largest absolute Gasteiger partial charge is 0.319 e. The van der Waals surface area contributed by atoms with E-state index in [1.807, 2.05) is 30.3 Å². The van der Waals surface area contributed by atoms with Crippen LogP contribution in [0, 0.1) is 13.1 Å². The molecule has 0 amide bonds. The van der Waals surface area contributed by atoms with Crippen molar-refractivity contribution >= 4 is 76.8 Å². The average molecular weight is 700 g/mol. The number of hydrogen-bond acceptors (Lipinski definition) is 0. The van der Waals surface area contributed by atoms with Crippen LogP contribution in [-0.2, 0) is 0 Å². The van der Waals surface area contributed by atoms with Crippen molar-refractivity contribution in [1.29, 1.82) is 0 Å². The first-order valence-corrected chi connectivity index (χ1v) is 18.3. The van der Waals surface area contributed by atoms with E-state index in [9.17, 15) is 0 Å². The molecule has 254 valence electrons. The molecule has 0 fully saturated rings. The molecule has 0 bridgehead atoms. The maximum absolute atomic E-state index is 8.75. The molecule has 0 atom stereocenters. The van der Waals surface area contributed by atoms with E-state index in [1.54, 1.807) is 0 Å². The van der Waals surface area contributed by atoms with Crippen LogP contribution in [0.2, 0.25) is 0 Å².